The molecule has 0 aliphatic rings. The number of hydrogen-bond acceptors (Lipinski definition) is 2. The number of ether oxygens (including phenoxy) is 2. The molecular formula is C9H20O2. The van der Waals surface area contributed by atoms with Gasteiger partial charge in [-0.05, 0) is 19.8 Å². The highest BCUT2D eigenvalue weighted by Crippen LogP contribution is 2.15. The van der Waals surface area contributed by atoms with Crippen LogP contribution in [0.25, 0.3) is 0 Å². The lowest BCUT2D eigenvalue weighted by Crippen LogP contribution is -2.33. The largest absolute Gasteiger partial charge is 0.382 e. The van der Waals surface area contributed by atoms with Gasteiger partial charge in [-0.3, -0.25) is 0 Å². The molecule has 0 radical (unpaired) electrons. The third-order valence-electron chi connectivity index (χ3n) is 1.85. The van der Waals surface area contributed by atoms with Crippen LogP contribution in [0, 0.1) is 0 Å². The fourth-order valence-corrected chi connectivity index (χ4v) is 0.900. The Labute approximate surface area is 69.9 Å². The fraction of sp³-hybridized carbons (Fsp3) is 1.00. The van der Waals surface area contributed by atoms with Crippen LogP contribution < -0.4 is 0 Å². The molecule has 0 amide bonds. The van der Waals surface area contributed by atoms with E-state index in [-0.39, 0.29) is 5.60 Å². The Hall–Kier alpha value is -0.0800. The first-order valence-electron chi connectivity index (χ1n) is 4.31. The van der Waals surface area contributed by atoms with Gasteiger partial charge in [0, 0.05) is 13.7 Å². The Bertz CT molecular complexity index is 93.6. The summed E-state index contributed by atoms with van der Waals surface area (Å²) in [6.45, 7) is 7.83. The van der Waals surface area contributed by atoms with Crippen molar-refractivity contribution in [1.82, 2.24) is 0 Å². The number of hydrogen-bond donors (Lipinski definition) is 0. The summed E-state index contributed by atoms with van der Waals surface area (Å²) in [5.41, 5.74) is -0.0786. The first-order chi connectivity index (χ1) is 5.18. The lowest BCUT2D eigenvalue weighted by atomic mass is 10.1. The molecule has 68 valence electrons. The number of methoxy groups -OCH3 is 1. The highest BCUT2D eigenvalue weighted by molar-refractivity contribution is 4.71. The van der Waals surface area contributed by atoms with Crippen molar-refractivity contribution >= 4 is 0 Å². The summed E-state index contributed by atoms with van der Waals surface area (Å²) in [5, 5.41) is 0. The molecule has 0 aromatic carbocycles. The minimum atomic E-state index is -0.0786. The quantitative estimate of drug-likeness (QED) is 0.593. The Morgan fingerprint density at radius 2 is 1.91 bits per heavy atom. The molecule has 0 spiro atoms. The van der Waals surface area contributed by atoms with Gasteiger partial charge in [-0.2, -0.15) is 0 Å². The molecule has 1 unspecified atom stereocenters. The molecule has 0 saturated carbocycles. The van der Waals surface area contributed by atoms with E-state index in [1.807, 2.05) is 0 Å². The molecule has 0 aliphatic heterocycles. The molecule has 0 aromatic rings. The normalized spacial score (nSPS) is 16.4. The molecule has 0 saturated heterocycles. The predicted molar refractivity (Wildman–Crippen MR) is 46.8 cm³/mol. The summed E-state index contributed by atoms with van der Waals surface area (Å²) >= 11 is 0. The second kappa shape index (κ2) is 5.56. The topological polar surface area (TPSA) is 18.5 Å². The summed E-state index contributed by atoms with van der Waals surface area (Å²) in [4.78, 5) is 0. The van der Waals surface area contributed by atoms with Crippen molar-refractivity contribution in [2.45, 2.75) is 39.2 Å². The van der Waals surface area contributed by atoms with Gasteiger partial charge in [-0.15, -0.1) is 0 Å². The minimum Gasteiger partial charge on any atom is -0.382 e. The maximum absolute atomic E-state index is 5.64. The van der Waals surface area contributed by atoms with Gasteiger partial charge in [0.05, 0.1) is 12.2 Å². The van der Waals surface area contributed by atoms with E-state index < -0.39 is 0 Å². The average molecular weight is 160 g/mol. The Balaban J connectivity index is 3.68. The molecule has 1 atom stereocenters. The highest BCUT2D eigenvalue weighted by atomic mass is 16.5. The van der Waals surface area contributed by atoms with Crippen molar-refractivity contribution < 1.29 is 9.47 Å². The minimum absolute atomic E-state index is 0.0786. The summed E-state index contributed by atoms with van der Waals surface area (Å²) in [7, 11) is 1.71. The summed E-state index contributed by atoms with van der Waals surface area (Å²) in [6.07, 6.45) is 2.07. The third kappa shape index (κ3) is 4.38. The van der Waals surface area contributed by atoms with Crippen LogP contribution in [0.1, 0.15) is 33.6 Å². The average Bonchev–Trinajstić information content (AvgIpc) is 2.02. The maximum atomic E-state index is 5.64. The van der Waals surface area contributed by atoms with Crippen LogP contribution >= 0.6 is 0 Å². The van der Waals surface area contributed by atoms with Crippen LogP contribution in [0.4, 0.5) is 0 Å². The van der Waals surface area contributed by atoms with E-state index in [0.29, 0.717) is 6.61 Å². The monoisotopic (exact) mass is 160 g/mol. The van der Waals surface area contributed by atoms with Crippen molar-refractivity contribution in [3.63, 3.8) is 0 Å². The van der Waals surface area contributed by atoms with Crippen LogP contribution in [-0.2, 0) is 9.47 Å². The van der Waals surface area contributed by atoms with Gasteiger partial charge in [0.1, 0.15) is 0 Å². The van der Waals surface area contributed by atoms with E-state index in [1.165, 1.54) is 0 Å². The van der Waals surface area contributed by atoms with Crippen LogP contribution in [0.3, 0.4) is 0 Å². The molecule has 0 bridgehead atoms. The van der Waals surface area contributed by atoms with Crippen LogP contribution in [0.5, 0.6) is 0 Å². The molecule has 0 N–H and O–H groups in total. The van der Waals surface area contributed by atoms with Crippen LogP contribution in [0.2, 0.25) is 0 Å². The van der Waals surface area contributed by atoms with E-state index in [4.69, 9.17) is 9.47 Å². The van der Waals surface area contributed by atoms with Gasteiger partial charge < -0.3 is 9.47 Å². The van der Waals surface area contributed by atoms with E-state index in [1.54, 1.807) is 7.11 Å². The lowest BCUT2D eigenvalue weighted by Gasteiger charge is -2.27. The summed E-state index contributed by atoms with van der Waals surface area (Å²) in [6, 6.07) is 0. The van der Waals surface area contributed by atoms with Crippen molar-refractivity contribution in [2.75, 3.05) is 20.3 Å². The molecule has 2 heteroatoms. The van der Waals surface area contributed by atoms with Gasteiger partial charge in [-0.1, -0.05) is 13.8 Å². The summed E-state index contributed by atoms with van der Waals surface area (Å²) < 4.78 is 10.7. The number of rotatable bonds is 6. The molecule has 0 aromatic heterocycles. The third-order valence-corrected chi connectivity index (χ3v) is 1.85. The molecular weight excluding hydrogens is 140 g/mol. The van der Waals surface area contributed by atoms with Gasteiger partial charge in [-0.25, -0.2) is 0 Å². The zero-order chi connectivity index (χ0) is 8.74. The van der Waals surface area contributed by atoms with E-state index in [0.717, 1.165) is 19.4 Å². The molecule has 2 nitrogen and oxygen atoms in total. The second-order valence-corrected chi connectivity index (χ2v) is 3.08. The van der Waals surface area contributed by atoms with E-state index >= 15 is 0 Å². The van der Waals surface area contributed by atoms with Gasteiger partial charge >= 0.3 is 0 Å². The SMILES string of the molecule is CCCOC(C)(CC)COC. The predicted octanol–water partition coefficient (Wildman–Crippen LogP) is 2.23. The van der Waals surface area contributed by atoms with E-state index in [2.05, 4.69) is 20.8 Å². The fourth-order valence-electron chi connectivity index (χ4n) is 0.900. The Morgan fingerprint density at radius 3 is 2.27 bits per heavy atom. The first kappa shape index (κ1) is 10.9. The van der Waals surface area contributed by atoms with Crippen molar-refractivity contribution in [1.29, 1.82) is 0 Å². The molecule has 0 fully saturated rings. The molecule has 0 rings (SSSR count). The van der Waals surface area contributed by atoms with Crippen LogP contribution in [0.15, 0.2) is 0 Å². The smallest absolute Gasteiger partial charge is 0.0884 e. The van der Waals surface area contributed by atoms with Crippen LogP contribution in [-0.4, -0.2) is 25.9 Å². The van der Waals surface area contributed by atoms with Gasteiger partial charge in [0.15, 0.2) is 0 Å². The van der Waals surface area contributed by atoms with Crippen molar-refractivity contribution in [2.24, 2.45) is 0 Å². The second-order valence-electron chi connectivity index (χ2n) is 3.08. The molecule has 0 heterocycles. The Morgan fingerprint density at radius 1 is 1.27 bits per heavy atom. The first-order valence-corrected chi connectivity index (χ1v) is 4.31. The lowest BCUT2D eigenvalue weighted by molar-refractivity contribution is -0.0788. The highest BCUT2D eigenvalue weighted by Gasteiger charge is 2.21. The Kier molecular flexibility index (Phi) is 5.51. The van der Waals surface area contributed by atoms with Crippen molar-refractivity contribution in [3.8, 4) is 0 Å². The van der Waals surface area contributed by atoms with E-state index in [9.17, 15) is 0 Å². The zero-order valence-electron chi connectivity index (χ0n) is 8.14. The maximum Gasteiger partial charge on any atom is 0.0884 e. The summed E-state index contributed by atoms with van der Waals surface area (Å²) in [5.74, 6) is 0. The standard InChI is InChI=1S/C9H20O2/c1-5-7-11-9(3,6-2)8-10-4/h5-8H2,1-4H3. The van der Waals surface area contributed by atoms with Gasteiger partial charge in [0.2, 0.25) is 0 Å². The zero-order valence-corrected chi connectivity index (χ0v) is 8.14. The van der Waals surface area contributed by atoms with Crippen molar-refractivity contribution in [3.05, 3.63) is 0 Å². The molecule has 11 heavy (non-hydrogen) atoms. The van der Waals surface area contributed by atoms with Gasteiger partial charge in [0.25, 0.3) is 0 Å². The molecule has 0 aliphatic carbocycles.